The summed E-state index contributed by atoms with van der Waals surface area (Å²) in [6, 6.07) is 1.21. The van der Waals surface area contributed by atoms with Gasteiger partial charge in [-0.1, -0.05) is 0 Å². The average Bonchev–Trinajstić information content (AvgIpc) is 2.45. The molecule has 0 saturated carbocycles. The van der Waals surface area contributed by atoms with E-state index in [2.05, 4.69) is 15.3 Å². The highest BCUT2D eigenvalue weighted by Gasteiger charge is 2.26. The molecule has 1 atom stereocenters. The fourth-order valence-corrected chi connectivity index (χ4v) is 1.58. The first-order valence-electron chi connectivity index (χ1n) is 4.63. The van der Waals surface area contributed by atoms with Crippen LogP contribution in [0, 0.1) is 5.95 Å². The number of nitrogens with zero attached hydrogens (tertiary/aromatic N) is 3. The van der Waals surface area contributed by atoms with E-state index in [4.69, 9.17) is 0 Å². The standard InChI is InChI=1S/C9H11FN4O/c1-14-4-6(2-9(14)15)13-8-3-7(10)11-5-12-8/h3,5-6H,2,4H2,1H3,(H,11,12,13). The highest BCUT2D eigenvalue weighted by molar-refractivity contribution is 5.79. The smallest absolute Gasteiger partial charge is 0.224 e. The van der Waals surface area contributed by atoms with E-state index in [1.807, 2.05) is 0 Å². The minimum absolute atomic E-state index is 0.00296. The van der Waals surface area contributed by atoms with Crippen molar-refractivity contribution in [3.63, 3.8) is 0 Å². The molecule has 1 aromatic heterocycles. The Morgan fingerprint density at radius 3 is 3.00 bits per heavy atom. The Hall–Kier alpha value is -1.72. The van der Waals surface area contributed by atoms with Crippen molar-refractivity contribution in [3.05, 3.63) is 18.3 Å². The zero-order chi connectivity index (χ0) is 10.8. The summed E-state index contributed by atoms with van der Waals surface area (Å²) in [4.78, 5) is 20.1. The molecule has 1 aliphatic heterocycles. The summed E-state index contributed by atoms with van der Waals surface area (Å²) >= 11 is 0. The monoisotopic (exact) mass is 210 g/mol. The van der Waals surface area contributed by atoms with E-state index in [0.29, 0.717) is 18.8 Å². The van der Waals surface area contributed by atoms with Crippen LogP contribution in [0.15, 0.2) is 12.4 Å². The van der Waals surface area contributed by atoms with Crippen LogP contribution in [0.3, 0.4) is 0 Å². The van der Waals surface area contributed by atoms with Gasteiger partial charge in [0, 0.05) is 26.1 Å². The lowest BCUT2D eigenvalue weighted by molar-refractivity contribution is -0.126. The lowest BCUT2D eigenvalue weighted by Crippen LogP contribution is -2.24. The van der Waals surface area contributed by atoms with Crippen LogP contribution in [0.5, 0.6) is 0 Å². The van der Waals surface area contributed by atoms with Gasteiger partial charge in [0.25, 0.3) is 0 Å². The van der Waals surface area contributed by atoms with Gasteiger partial charge in [0.2, 0.25) is 11.9 Å². The lowest BCUT2D eigenvalue weighted by Gasteiger charge is -2.12. The highest BCUT2D eigenvalue weighted by atomic mass is 19.1. The number of hydrogen-bond acceptors (Lipinski definition) is 4. The van der Waals surface area contributed by atoms with Gasteiger partial charge in [-0.3, -0.25) is 4.79 Å². The Bertz CT molecular complexity index is 384. The fourth-order valence-electron chi connectivity index (χ4n) is 1.58. The van der Waals surface area contributed by atoms with Gasteiger partial charge < -0.3 is 10.2 Å². The minimum Gasteiger partial charge on any atom is -0.365 e. The number of halogens is 1. The summed E-state index contributed by atoms with van der Waals surface area (Å²) < 4.78 is 12.7. The van der Waals surface area contributed by atoms with Crippen molar-refractivity contribution in [1.82, 2.24) is 14.9 Å². The summed E-state index contributed by atoms with van der Waals surface area (Å²) in [5, 5.41) is 2.99. The minimum atomic E-state index is -0.579. The molecule has 5 nitrogen and oxygen atoms in total. The number of amides is 1. The maximum absolute atomic E-state index is 12.7. The number of likely N-dealkylation sites (tertiary alicyclic amines) is 1. The molecule has 1 amide bonds. The van der Waals surface area contributed by atoms with Crippen LogP contribution in [-0.4, -0.2) is 40.4 Å². The summed E-state index contributed by atoms with van der Waals surface area (Å²) in [5.41, 5.74) is 0. The summed E-state index contributed by atoms with van der Waals surface area (Å²) in [6.07, 6.45) is 1.57. The quantitative estimate of drug-likeness (QED) is 0.711. The molecule has 1 aliphatic rings. The predicted octanol–water partition coefficient (Wildman–Crippen LogP) is 0.258. The second-order valence-corrected chi connectivity index (χ2v) is 3.55. The molecule has 1 unspecified atom stereocenters. The number of anilines is 1. The third-order valence-corrected chi connectivity index (χ3v) is 2.33. The first-order valence-corrected chi connectivity index (χ1v) is 4.63. The molecule has 1 fully saturated rings. The lowest BCUT2D eigenvalue weighted by atomic mass is 10.2. The van der Waals surface area contributed by atoms with Crippen molar-refractivity contribution in [3.8, 4) is 0 Å². The van der Waals surface area contributed by atoms with E-state index >= 15 is 0 Å². The summed E-state index contributed by atoms with van der Waals surface area (Å²) in [7, 11) is 1.74. The maximum atomic E-state index is 12.7. The Labute approximate surface area is 86.3 Å². The van der Waals surface area contributed by atoms with Crippen molar-refractivity contribution in [2.75, 3.05) is 18.9 Å². The largest absolute Gasteiger partial charge is 0.365 e. The summed E-state index contributed by atoms with van der Waals surface area (Å²) in [5.74, 6) is -0.0807. The number of hydrogen-bond donors (Lipinski definition) is 1. The van der Waals surface area contributed by atoms with Gasteiger partial charge in [0.05, 0.1) is 6.04 Å². The van der Waals surface area contributed by atoms with Gasteiger partial charge in [-0.05, 0) is 0 Å². The Morgan fingerprint density at radius 1 is 1.60 bits per heavy atom. The highest BCUT2D eigenvalue weighted by Crippen LogP contribution is 2.13. The Morgan fingerprint density at radius 2 is 2.40 bits per heavy atom. The van der Waals surface area contributed by atoms with E-state index in [-0.39, 0.29) is 11.9 Å². The van der Waals surface area contributed by atoms with Gasteiger partial charge in [0.1, 0.15) is 12.1 Å². The van der Waals surface area contributed by atoms with Crippen LogP contribution in [-0.2, 0) is 4.79 Å². The van der Waals surface area contributed by atoms with E-state index in [1.54, 1.807) is 11.9 Å². The Kier molecular flexibility index (Phi) is 2.49. The van der Waals surface area contributed by atoms with E-state index in [1.165, 1.54) is 6.07 Å². The number of nitrogens with one attached hydrogen (secondary N) is 1. The predicted molar refractivity (Wildman–Crippen MR) is 51.7 cm³/mol. The number of likely N-dealkylation sites (N-methyl/N-ethyl adjacent to an activating group) is 1. The van der Waals surface area contributed by atoms with Gasteiger partial charge >= 0.3 is 0 Å². The van der Waals surface area contributed by atoms with Crippen LogP contribution in [0.2, 0.25) is 0 Å². The molecule has 0 radical (unpaired) electrons. The molecule has 1 N–H and O–H groups in total. The van der Waals surface area contributed by atoms with Crippen molar-refractivity contribution in [2.45, 2.75) is 12.5 Å². The second-order valence-electron chi connectivity index (χ2n) is 3.55. The third kappa shape index (κ3) is 2.20. The molecule has 0 aromatic carbocycles. The number of rotatable bonds is 2. The zero-order valence-electron chi connectivity index (χ0n) is 8.27. The molecule has 1 aromatic rings. The first kappa shape index (κ1) is 9.82. The van der Waals surface area contributed by atoms with Gasteiger partial charge in [0.15, 0.2) is 0 Å². The first-order chi connectivity index (χ1) is 7.15. The SMILES string of the molecule is CN1CC(Nc2cc(F)ncn2)CC1=O. The van der Waals surface area contributed by atoms with Crippen LogP contribution in [0.4, 0.5) is 10.2 Å². The number of carbonyl (C=O) groups is 1. The second kappa shape index (κ2) is 3.80. The molecule has 0 bridgehead atoms. The van der Waals surface area contributed by atoms with Crippen molar-refractivity contribution < 1.29 is 9.18 Å². The molecular weight excluding hydrogens is 199 g/mol. The average molecular weight is 210 g/mol. The topological polar surface area (TPSA) is 58.1 Å². The van der Waals surface area contributed by atoms with Gasteiger partial charge in [-0.25, -0.2) is 9.97 Å². The molecule has 2 heterocycles. The van der Waals surface area contributed by atoms with Gasteiger partial charge in [-0.2, -0.15) is 4.39 Å². The fraction of sp³-hybridized carbons (Fsp3) is 0.444. The molecular formula is C9H11FN4O. The van der Waals surface area contributed by atoms with Crippen LogP contribution < -0.4 is 5.32 Å². The van der Waals surface area contributed by atoms with E-state index in [9.17, 15) is 9.18 Å². The van der Waals surface area contributed by atoms with Gasteiger partial charge in [-0.15, -0.1) is 0 Å². The third-order valence-electron chi connectivity index (χ3n) is 2.33. The molecule has 0 aliphatic carbocycles. The van der Waals surface area contributed by atoms with Crippen molar-refractivity contribution in [2.24, 2.45) is 0 Å². The van der Waals surface area contributed by atoms with E-state index < -0.39 is 5.95 Å². The molecule has 0 spiro atoms. The van der Waals surface area contributed by atoms with E-state index in [0.717, 1.165) is 6.33 Å². The van der Waals surface area contributed by atoms with Crippen LogP contribution >= 0.6 is 0 Å². The maximum Gasteiger partial charge on any atom is 0.224 e. The molecule has 15 heavy (non-hydrogen) atoms. The summed E-state index contributed by atoms with van der Waals surface area (Å²) in [6.45, 7) is 0.616. The number of carbonyl (C=O) groups excluding carboxylic acids is 1. The Balaban J connectivity index is 2.01. The zero-order valence-corrected chi connectivity index (χ0v) is 8.27. The van der Waals surface area contributed by atoms with Crippen LogP contribution in [0.25, 0.3) is 0 Å². The van der Waals surface area contributed by atoms with Crippen LogP contribution in [0.1, 0.15) is 6.42 Å². The molecule has 1 saturated heterocycles. The molecule has 80 valence electrons. The van der Waals surface area contributed by atoms with Crippen molar-refractivity contribution >= 4 is 11.7 Å². The van der Waals surface area contributed by atoms with Crippen molar-refractivity contribution in [1.29, 1.82) is 0 Å². The normalized spacial score (nSPS) is 20.8. The number of aromatic nitrogens is 2. The molecule has 6 heteroatoms. The molecule has 2 rings (SSSR count).